The Balaban J connectivity index is 0.566. The zero-order valence-corrected chi connectivity index (χ0v) is 35.0. The van der Waals surface area contributed by atoms with E-state index < -0.39 is 6.04 Å². The van der Waals surface area contributed by atoms with E-state index in [2.05, 4.69) is 80.6 Å². The number of pyridine rings is 2. The number of nitrogens with one attached hydrogen (secondary N) is 1. The van der Waals surface area contributed by atoms with E-state index in [0.717, 1.165) is 53.6 Å². The molecule has 1 unspecified atom stereocenters. The van der Waals surface area contributed by atoms with E-state index >= 15 is 0 Å². The quantitative estimate of drug-likeness (QED) is 0.169. The van der Waals surface area contributed by atoms with Crippen LogP contribution in [0.1, 0.15) is 72.1 Å². The summed E-state index contributed by atoms with van der Waals surface area (Å²) < 4.78 is 8.56. The highest BCUT2D eigenvalue weighted by atomic mass is 16.5. The van der Waals surface area contributed by atoms with E-state index in [-0.39, 0.29) is 23.8 Å². The number of carbonyl (C=O) groups is 3. The van der Waals surface area contributed by atoms with Gasteiger partial charge in [0.1, 0.15) is 12.1 Å². The summed E-state index contributed by atoms with van der Waals surface area (Å²) in [6.07, 6.45) is 14.2. The Hall–Kier alpha value is -5.59. The van der Waals surface area contributed by atoms with Crippen molar-refractivity contribution in [3.63, 3.8) is 0 Å². The van der Waals surface area contributed by atoms with E-state index in [9.17, 15) is 14.4 Å². The van der Waals surface area contributed by atoms with Crippen molar-refractivity contribution in [2.24, 2.45) is 23.8 Å². The van der Waals surface area contributed by atoms with Gasteiger partial charge in [0.05, 0.1) is 16.6 Å². The van der Waals surface area contributed by atoms with Gasteiger partial charge in [-0.3, -0.25) is 24.3 Å². The maximum absolute atomic E-state index is 13.4. The fraction of sp³-hybridized carbons (Fsp3) is 0.449. The molecule has 3 saturated carbocycles. The number of ether oxygens (including phenoxy) is 1. The first kappa shape index (κ1) is 37.2. The van der Waals surface area contributed by atoms with Crippen LogP contribution in [0.25, 0.3) is 32.9 Å². The molecule has 12 heteroatoms. The van der Waals surface area contributed by atoms with Crippen LogP contribution < -0.4 is 15.0 Å². The van der Waals surface area contributed by atoms with Crippen molar-refractivity contribution >= 4 is 45.2 Å². The van der Waals surface area contributed by atoms with Crippen molar-refractivity contribution in [3.8, 4) is 17.0 Å². The molecule has 3 saturated heterocycles. The Morgan fingerprint density at radius 1 is 0.836 bits per heavy atom. The van der Waals surface area contributed by atoms with Crippen LogP contribution in [0.15, 0.2) is 85.5 Å². The van der Waals surface area contributed by atoms with E-state index in [1.54, 1.807) is 6.07 Å². The second-order valence-corrected chi connectivity index (χ2v) is 19.8. The predicted octanol–water partition coefficient (Wildman–Crippen LogP) is 6.40. The number of aromatic nitrogens is 3. The highest BCUT2D eigenvalue weighted by Crippen LogP contribution is 2.56. The summed E-state index contributed by atoms with van der Waals surface area (Å²) >= 11 is 0. The molecule has 1 atom stereocenters. The summed E-state index contributed by atoms with van der Waals surface area (Å²) in [7, 11) is 4.43. The summed E-state index contributed by atoms with van der Waals surface area (Å²) in [6, 6.07) is 18.9. The molecule has 2 aromatic carbocycles. The number of anilines is 1. The summed E-state index contributed by atoms with van der Waals surface area (Å²) in [5, 5.41) is 5.10. The Labute approximate surface area is 355 Å². The molecule has 7 aliphatic rings. The second-order valence-electron chi connectivity index (χ2n) is 19.8. The summed E-state index contributed by atoms with van der Waals surface area (Å²) in [5.41, 5.74) is 7.92. The molecule has 3 aliphatic carbocycles. The number of fused-ring (bicyclic) bond motifs is 4. The van der Waals surface area contributed by atoms with Gasteiger partial charge in [-0.2, -0.15) is 0 Å². The minimum atomic E-state index is -0.783. The van der Waals surface area contributed by atoms with Gasteiger partial charge in [-0.15, -0.1) is 0 Å². The standard InChI is InChI=1S/C49H52N8O4/c1-29-4-10-42(45(58)52-29)57-46(59)38-9-7-33(17-39(38)47(57)60)56-27-48(28-56)18-30(19-48)24-55-25-49(26-55)20-35(21-49)53(2)34-15-36(16-34)61-44-11-6-32(22-51-44)31-5-8-37-40-23-50-13-12-41(40)54(3)43(37)14-31/h5-9,11-14,17,22-23,30,34-36,42H,1,4,10,15-16,18-21,24-28H2,2-3H3,(H,52,58)/t34-,36-,42?. The minimum absolute atomic E-state index is 0.223. The molecule has 312 valence electrons. The lowest BCUT2D eigenvalue weighted by Gasteiger charge is -2.65. The van der Waals surface area contributed by atoms with E-state index in [1.807, 2.05) is 36.8 Å². The molecule has 61 heavy (non-hydrogen) atoms. The van der Waals surface area contributed by atoms with Crippen molar-refractivity contribution in [1.82, 2.24) is 34.6 Å². The highest BCUT2D eigenvalue weighted by molar-refractivity contribution is 6.23. The lowest BCUT2D eigenvalue weighted by molar-refractivity contribution is -0.135. The second kappa shape index (κ2) is 13.5. The molecule has 12 rings (SSSR count). The van der Waals surface area contributed by atoms with Gasteiger partial charge in [0.25, 0.3) is 11.8 Å². The van der Waals surface area contributed by atoms with Crippen LogP contribution in [0.4, 0.5) is 5.69 Å². The molecule has 4 aliphatic heterocycles. The van der Waals surface area contributed by atoms with E-state index in [1.165, 1.54) is 67.1 Å². The van der Waals surface area contributed by atoms with E-state index in [0.29, 0.717) is 58.5 Å². The molecular formula is C49H52N8O4. The number of likely N-dealkylation sites (tertiary alicyclic amines) is 1. The summed E-state index contributed by atoms with van der Waals surface area (Å²) in [6.45, 7) is 9.52. The van der Waals surface area contributed by atoms with Crippen molar-refractivity contribution < 1.29 is 19.1 Å². The third-order valence-electron chi connectivity index (χ3n) is 15.8. The normalized spacial score (nSPS) is 25.7. The van der Waals surface area contributed by atoms with Gasteiger partial charge in [0.15, 0.2) is 0 Å². The number of hydrogen-bond donors (Lipinski definition) is 1. The number of amides is 3. The summed E-state index contributed by atoms with van der Waals surface area (Å²) in [4.78, 5) is 57.0. The molecule has 6 fully saturated rings. The molecule has 0 radical (unpaired) electrons. The van der Waals surface area contributed by atoms with Crippen LogP contribution in [0, 0.1) is 16.7 Å². The Kier molecular flexibility index (Phi) is 8.20. The smallest absolute Gasteiger partial charge is 0.262 e. The highest BCUT2D eigenvalue weighted by Gasteiger charge is 2.57. The van der Waals surface area contributed by atoms with Gasteiger partial charge < -0.3 is 29.3 Å². The molecule has 3 aromatic heterocycles. The third kappa shape index (κ3) is 5.96. The lowest BCUT2D eigenvalue weighted by atomic mass is 9.56. The van der Waals surface area contributed by atoms with Crippen molar-refractivity contribution in [2.75, 3.05) is 44.7 Å². The van der Waals surface area contributed by atoms with Crippen LogP contribution in [0.3, 0.4) is 0 Å². The Morgan fingerprint density at radius 3 is 2.38 bits per heavy atom. The van der Waals surface area contributed by atoms with Crippen LogP contribution in [-0.2, 0) is 11.8 Å². The Bertz CT molecular complexity index is 2660. The summed E-state index contributed by atoms with van der Waals surface area (Å²) in [5.74, 6) is 0.393. The first-order chi connectivity index (χ1) is 29.5. The van der Waals surface area contributed by atoms with Gasteiger partial charge in [0.2, 0.25) is 11.8 Å². The third-order valence-corrected chi connectivity index (χ3v) is 15.8. The van der Waals surface area contributed by atoms with Gasteiger partial charge >= 0.3 is 0 Å². The molecule has 2 spiro atoms. The number of benzene rings is 2. The number of carbonyl (C=O) groups excluding carboxylic acids is 3. The minimum Gasteiger partial charge on any atom is -0.474 e. The largest absolute Gasteiger partial charge is 0.474 e. The molecule has 0 bridgehead atoms. The monoisotopic (exact) mass is 816 g/mol. The van der Waals surface area contributed by atoms with Crippen LogP contribution >= 0.6 is 0 Å². The zero-order chi connectivity index (χ0) is 41.4. The fourth-order valence-corrected chi connectivity index (χ4v) is 12.4. The van der Waals surface area contributed by atoms with Crippen molar-refractivity contribution in [2.45, 2.75) is 75.6 Å². The predicted molar refractivity (Wildman–Crippen MR) is 233 cm³/mol. The van der Waals surface area contributed by atoms with Gasteiger partial charge in [0, 0.05) is 128 Å². The van der Waals surface area contributed by atoms with Gasteiger partial charge in [-0.05, 0) is 98.9 Å². The molecule has 3 amide bonds. The SMILES string of the molecule is C=C1CCC(N2C(=O)c3ccc(N4CC5(CC(CN6CC7(CC(N(C)[C@H]8C[C@H](Oc9ccc(-c%10ccc%11c%12cnccc%12n(C)c%11c%10)cn9)C8)C7)C6)C5)C4)cc3C2=O)C(=O)N1. The topological polar surface area (TPSA) is 116 Å². The van der Waals surface area contributed by atoms with Gasteiger partial charge in [-0.1, -0.05) is 18.7 Å². The van der Waals surface area contributed by atoms with E-state index in [4.69, 9.17) is 9.72 Å². The van der Waals surface area contributed by atoms with Crippen LogP contribution in [0.5, 0.6) is 5.88 Å². The number of imide groups is 1. The van der Waals surface area contributed by atoms with Crippen molar-refractivity contribution in [1.29, 1.82) is 0 Å². The first-order valence-corrected chi connectivity index (χ1v) is 22.2. The first-order valence-electron chi connectivity index (χ1n) is 22.2. The molecular weight excluding hydrogens is 765 g/mol. The Morgan fingerprint density at radius 2 is 1.61 bits per heavy atom. The fourth-order valence-electron chi connectivity index (χ4n) is 12.4. The number of piperidine rings is 1. The molecule has 12 nitrogen and oxygen atoms in total. The number of rotatable bonds is 9. The van der Waals surface area contributed by atoms with Crippen LogP contribution in [-0.4, -0.2) is 111 Å². The number of nitrogens with zero attached hydrogens (tertiary/aromatic N) is 7. The lowest BCUT2D eigenvalue weighted by Crippen LogP contribution is -2.69. The number of allylic oxidation sites excluding steroid dienone is 1. The maximum atomic E-state index is 13.4. The molecule has 1 N–H and O–H groups in total. The maximum Gasteiger partial charge on any atom is 0.262 e. The molecule has 5 aromatic rings. The van der Waals surface area contributed by atoms with Crippen molar-refractivity contribution in [3.05, 3.63) is 96.6 Å². The average Bonchev–Trinajstić information content (AvgIpc) is 3.61. The number of hydrogen-bond acceptors (Lipinski definition) is 9. The molecule has 7 heterocycles. The number of aryl methyl sites for hydroxylation is 1. The van der Waals surface area contributed by atoms with Crippen LogP contribution in [0.2, 0.25) is 0 Å². The van der Waals surface area contributed by atoms with Gasteiger partial charge in [-0.25, -0.2) is 4.98 Å². The zero-order valence-electron chi connectivity index (χ0n) is 35.0. The average molecular weight is 817 g/mol.